The van der Waals surface area contributed by atoms with Crippen molar-refractivity contribution in [1.29, 1.82) is 5.26 Å². The van der Waals surface area contributed by atoms with Crippen molar-refractivity contribution in [3.05, 3.63) is 82.9 Å². The number of carbonyl (C=O) groups excluding carboxylic acids is 2. The molecule has 0 spiro atoms. The number of rotatable bonds is 7. The Hall–Kier alpha value is -3.43. The lowest BCUT2D eigenvalue weighted by Crippen LogP contribution is -2.67. The number of aliphatic hydroxyl groups excluding tert-OH is 1. The Labute approximate surface area is 312 Å². The first kappa shape index (κ1) is 36.9. The fraction of sp³-hybridized carbons (Fsp3) is 0.630. The lowest BCUT2D eigenvalue weighted by Gasteiger charge is -2.72. The van der Waals surface area contributed by atoms with Crippen molar-refractivity contribution in [2.24, 2.45) is 56.7 Å². The van der Waals surface area contributed by atoms with E-state index in [0.717, 1.165) is 49.7 Å². The first-order chi connectivity index (χ1) is 24.6. The summed E-state index contributed by atoms with van der Waals surface area (Å²) < 4.78 is 0. The van der Waals surface area contributed by atoms with Gasteiger partial charge in [0.05, 0.1) is 23.2 Å². The molecule has 3 N–H and O–H groups in total. The van der Waals surface area contributed by atoms with Crippen molar-refractivity contribution in [3.63, 3.8) is 0 Å². The number of benzene rings is 2. The first-order valence-corrected chi connectivity index (χ1v) is 20.1. The van der Waals surface area contributed by atoms with Crippen LogP contribution in [0.1, 0.15) is 133 Å². The smallest absolute Gasteiger partial charge is 0.251 e. The van der Waals surface area contributed by atoms with Gasteiger partial charge in [0.2, 0.25) is 5.91 Å². The maximum absolute atomic E-state index is 14.7. The zero-order valence-electron chi connectivity index (χ0n) is 32.5. The van der Waals surface area contributed by atoms with Gasteiger partial charge in [-0.25, -0.2) is 0 Å². The predicted molar refractivity (Wildman–Crippen MR) is 206 cm³/mol. The third kappa shape index (κ3) is 5.59. The Balaban J connectivity index is 1.09. The minimum absolute atomic E-state index is 0.0586. The topological polar surface area (TPSA) is 102 Å². The van der Waals surface area contributed by atoms with Crippen molar-refractivity contribution in [2.75, 3.05) is 0 Å². The van der Waals surface area contributed by atoms with Crippen molar-refractivity contribution in [1.82, 2.24) is 10.6 Å². The second kappa shape index (κ2) is 13.2. The molecule has 10 atom stereocenters. The van der Waals surface area contributed by atoms with Crippen molar-refractivity contribution < 1.29 is 14.7 Å². The molecule has 278 valence electrons. The highest BCUT2D eigenvalue weighted by Crippen LogP contribution is 2.77. The highest BCUT2D eigenvalue weighted by atomic mass is 16.3. The molecule has 0 unspecified atom stereocenters. The molecule has 2 aromatic rings. The van der Waals surface area contributed by atoms with Gasteiger partial charge in [-0.15, -0.1) is 0 Å². The Bertz CT molecular complexity index is 1790. The molecular formula is C46H61N3O3. The summed E-state index contributed by atoms with van der Waals surface area (Å²) in [6, 6.07) is 17.0. The number of aliphatic hydroxyl groups is 1. The molecular weight excluding hydrogens is 643 g/mol. The molecule has 5 fully saturated rings. The van der Waals surface area contributed by atoms with E-state index in [1.807, 2.05) is 30.3 Å². The van der Waals surface area contributed by atoms with Crippen LogP contribution >= 0.6 is 0 Å². The van der Waals surface area contributed by atoms with E-state index in [0.29, 0.717) is 47.9 Å². The zero-order valence-corrected chi connectivity index (χ0v) is 32.5. The van der Waals surface area contributed by atoms with Gasteiger partial charge in [-0.2, -0.15) is 5.26 Å². The number of nitrogens with zero attached hydrogens (tertiary/aromatic N) is 1. The zero-order chi connectivity index (χ0) is 37.3. The second-order valence-corrected chi connectivity index (χ2v) is 19.1. The number of nitrogens with one attached hydrogen (secondary N) is 2. The van der Waals surface area contributed by atoms with Crippen LogP contribution in [0.5, 0.6) is 0 Å². The minimum Gasteiger partial charge on any atom is -0.393 e. The fourth-order valence-corrected chi connectivity index (χ4v) is 13.7. The summed E-state index contributed by atoms with van der Waals surface area (Å²) in [5.74, 6) is 2.28. The van der Waals surface area contributed by atoms with Gasteiger partial charge in [-0.3, -0.25) is 9.59 Å². The van der Waals surface area contributed by atoms with Crippen LogP contribution in [0.4, 0.5) is 0 Å². The molecule has 5 aliphatic rings. The van der Waals surface area contributed by atoms with Gasteiger partial charge in [0.25, 0.3) is 5.91 Å². The lowest BCUT2D eigenvalue weighted by molar-refractivity contribution is -0.246. The highest BCUT2D eigenvalue weighted by molar-refractivity contribution is 5.94. The molecule has 0 heterocycles. The molecule has 0 saturated heterocycles. The van der Waals surface area contributed by atoms with Gasteiger partial charge in [-0.05, 0) is 158 Å². The van der Waals surface area contributed by atoms with Crippen molar-refractivity contribution in [2.45, 2.75) is 125 Å². The number of allylic oxidation sites excluding steroid dienone is 1. The van der Waals surface area contributed by atoms with Crippen LogP contribution in [0.3, 0.4) is 0 Å². The molecule has 0 bridgehead atoms. The van der Waals surface area contributed by atoms with Crippen molar-refractivity contribution in [3.8, 4) is 6.07 Å². The summed E-state index contributed by atoms with van der Waals surface area (Å²) >= 11 is 0. The van der Waals surface area contributed by atoms with E-state index >= 15 is 0 Å². The quantitative estimate of drug-likeness (QED) is 0.250. The Morgan fingerprint density at radius 3 is 2.27 bits per heavy atom. The van der Waals surface area contributed by atoms with Gasteiger partial charge in [0, 0.05) is 18.7 Å². The van der Waals surface area contributed by atoms with Crippen molar-refractivity contribution >= 4 is 11.8 Å². The van der Waals surface area contributed by atoms with Gasteiger partial charge in [-0.1, -0.05) is 71.0 Å². The van der Waals surface area contributed by atoms with Crippen LogP contribution in [0, 0.1) is 68.0 Å². The number of hydrogen-bond acceptors (Lipinski definition) is 4. The number of amides is 2. The van der Waals surface area contributed by atoms with E-state index in [1.54, 1.807) is 18.2 Å². The van der Waals surface area contributed by atoms with Crippen LogP contribution in [0.25, 0.3) is 0 Å². The molecule has 0 aliphatic heterocycles. The molecule has 5 aliphatic carbocycles. The van der Waals surface area contributed by atoms with E-state index in [4.69, 9.17) is 0 Å². The summed E-state index contributed by atoms with van der Waals surface area (Å²) in [6.07, 6.45) is 10.5. The monoisotopic (exact) mass is 703 g/mol. The van der Waals surface area contributed by atoms with E-state index in [1.165, 1.54) is 31.3 Å². The van der Waals surface area contributed by atoms with Gasteiger partial charge < -0.3 is 15.7 Å². The normalized spacial score (nSPS) is 38.7. The molecule has 5 saturated carbocycles. The summed E-state index contributed by atoms with van der Waals surface area (Å²) in [5, 5.41) is 26.7. The summed E-state index contributed by atoms with van der Waals surface area (Å²) in [6.45, 7) is 19.9. The third-order valence-electron chi connectivity index (χ3n) is 16.6. The average molecular weight is 704 g/mol. The molecule has 7 rings (SSSR count). The van der Waals surface area contributed by atoms with E-state index in [-0.39, 0.29) is 45.5 Å². The van der Waals surface area contributed by atoms with Crippen LogP contribution in [0.2, 0.25) is 0 Å². The fourth-order valence-electron chi connectivity index (χ4n) is 13.7. The highest BCUT2D eigenvalue weighted by Gasteiger charge is 2.71. The Kier molecular flexibility index (Phi) is 9.33. The minimum atomic E-state index is -0.401. The van der Waals surface area contributed by atoms with Crippen LogP contribution < -0.4 is 10.6 Å². The molecule has 0 radical (unpaired) electrons. The molecule has 2 aromatic carbocycles. The van der Waals surface area contributed by atoms with E-state index in [9.17, 15) is 20.0 Å². The third-order valence-corrected chi connectivity index (χ3v) is 16.6. The maximum atomic E-state index is 14.7. The average Bonchev–Trinajstić information content (AvgIpc) is 3.53. The predicted octanol–water partition coefficient (Wildman–Crippen LogP) is 9.12. The first-order valence-electron chi connectivity index (χ1n) is 20.1. The molecule has 6 heteroatoms. The maximum Gasteiger partial charge on any atom is 0.251 e. The Morgan fingerprint density at radius 1 is 0.827 bits per heavy atom. The molecule has 6 nitrogen and oxygen atoms in total. The van der Waals surface area contributed by atoms with Crippen LogP contribution in [-0.2, 0) is 17.9 Å². The number of hydrogen-bond donors (Lipinski definition) is 3. The Morgan fingerprint density at radius 2 is 1.54 bits per heavy atom. The van der Waals surface area contributed by atoms with E-state index < -0.39 is 5.41 Å². The largest absolute Gasteiger partial charge is 0.393 e. The van der Waals surface area contributed by atoms with Crippen LogP contribution in [0.15, 0.2) is 60.7 Å². The van der Waals surface area contributed by atoms with E-state index in [2.05, 4.69) is 64.8 Å². The standard InChI is InChI=1S/C46H61N3O3/c1-29(2)34-16-21-46(41(52)49-28-32-12-9-13-33(25-32)40(51)48-27-31-11-8-10-30(24-31)26-47)23-22-44(6)35(39(34)46)14-15-37-43(5)19-18-38(50)42(3,4)36(43)17-20-45(37,44)7/h8-13,24-25,34-39,50H,1,14-23,27-28H2,2-7H3,(H,48,51)(H,49,52)/t34-,35+,36-,37+,38-,39+,43-,44+,45+,46-/m0/s1. The molecule has 0 aromatic heterocycles. The summed E-state index contributed by atoms with van der Waals surface area (Å²) in [5.41, 5.74) is 4.26. The van der Waals surface area contributed by atoms with Gasteiger partial charge >= 0.3 is 0 Å². The second-order valence-electron chi connectivity index (χ2n) is 19.1. The molecule has 2 amide bonds. The van der Waals surface area contributed by atoms with Crippen LogP contribution in [-0.4, -0.2) is 23.0 Å². The number of carbonyl (C=O) groups is 2. The van der Waals surface area contributed by atoms with Gasteiger partial charge in [0.15, 0.2) is 0 Å². The SMILES string of the molecule is C=C(C)[C@@H]1CC[C@]2(C(=O)NCc3cccc(C(=O)NCc4cccc(C#N)c4)c3)CC[C@]3(C)[C@H](CC[C@@H]4[C@@]5(C)CC[C@H](O)C(C)(C)[C@@H]5CC[C@]43C)[C@@H]12. The lowest BCUT2D eigenvalue weighted by atomic mass is 9.32. The molecule has 52 heavy (non-hydrogen) atoms. The number of fused-ring (bicyclic) bond motifs is 7. The number of nitriles is 1. The summed E-state index contributed by atoms with van der Waals surface area (Å²) in [7, 11) is 0. The summed E-state index contributed by atoms with van der Waals surface area (Å²) in [4.78, 5) is 27.8. The van der Waals surface area contributed by atoms with Gasteiger partial charge in [0.1, 0.15) is 0 Å².